The van der Waals surface area contributed by atoms with Gasteiger partial charge in [-0.15, -0.1) is 8.78 Å². The molecular weight excluding hydrogens is 745 g/mol. The van der Waals surface area contributed by atoms with Crippen LogP contribution in [0.5, 0.6) is 17.2 Å². The van der Waals surface area contributed by atoms with Gasteiger partial charge in [-0.05, 0) is 71.1 Å². The molecule has 1 saturated carbocycles. The molecule has 6 aliphatic rings. The molecule has 2 unspecified atom stereocenters. The summed E-state index contributed by atoms with van der Waals surface area (Å²) in [4.78, 5) is 49.4. The second-order valence-corrected chi connectivity index (χ2v) is 16.3. The lowest BCUT2D eigenvalue weighted by molar-refractivity contribution is -0.317. The van der Waals surface area contributed by atoms with E-state index in [1.54, 1.807) is 37.8 Å². The molecule has 1 aliphatic carbocycles. The maximum atomic E-state index is 14.2. The molecule has 13 nitrogen and oxygen atoms in total. The van der Waals surface area contributed by atoms with Gasteiger partial charge in [0.1, 0.15) is 16.9 Å². The van der Waals surface area contributed by atoms with E-state index in [4.69, 9.17) is 19.2 Å². The largest absolute Gasteiger partial charge is 0.586 e. The van der Waals surface area contributed by atoms with Gasteiger partial charge in [-0.1, -0.05) is 11.3 Å². The first-order chi connectivity index (χ1) is 25.3. The number of hydrogen-bond acceptors (Lipinski definition) is 11. The molecule has 4 bridgehead atoms. The van der Waals surface area contributed by atoms with Crippen LogP contribution < -0.4 is 29.7 Å². The van der Waals surface area contributed by atoms with Gasteiger partial charge in [-0.3, -0.25) is 9.59 Å². The molecule has 5 fully saturated rings. The van der Waals surface area contributed by atoms with Gasteiger partial charge in [-0.25, -0.2) is 9.78 Å². The summed E-state index contributed by atoms with van der Waals surface area (Å²) in [6, 6.07) is 5.21. The summed E-state index contributed by atoms with van der Waals surface area (Å²) in [5.74, 6) is -2.38. The lowest BCUT2D eigenvalue weighted by Crippen LogP contribution is -2.70. The number of alkyl halides is 5. The summed E-state index contributed by atoms with van der Waals surface area (Å²) < 4.78 is 95.6. The number of thiazole rings is 1. The summed E-state index contributed by atoms with van der Waals surface area (Å²) in [5.41, 5.74) is -4.06. The Balaban J connectivity index is 1.07. The molecule has 9 rings (SSSR count). The quantitative estimate of drug-likeness (QED) is 0.268. The minimum atomic E-state index is -4.58. The Bertz CT molecular complexity index is 2030. The van der Waals surface area contributed by atoms with Crippen molar-refractivity contribution in [3.05, 3.63) is 35.4 Å². The van der Waals surface area contributed by atoms with Crippen molar-refractivity contribution in [3.8, 4) is 17.2 Å². The van der Waals surface area contributed by atoms with Crippen molar-refractivity contribution < 1.29 is 60.0 Å². The molecule has 3 amide bonds. The van der Waals surface area contributed by atoms with E-state index in [1.165, 1.54) is 18.4 Å². The minimum absolute atomic E-state index is 0.0214. The molecule has 3 aromatic rings. The van der Waals surface area contributed by atoms with Crippen molar-refractivity contribution in [2.24, 2.45) is 0 Å². The topological polar surface area (TPSA) is 141 Å². The number of benzene rings is 2. The highest BCUT2D eigenvalue weighted by Crippen LogP contribution is 2.52. The van der Waals surface area contributed by atoms with Gasteiger partial charge in [0.25, 0.3) is 11.8 Å². The van der Waals surface area contributed by atoms with Gasteiger partial charge in [0.15, 0.2) is 22.2 Å². The van der Waals surface area contributed by atoms with E-state index in [0.29, 0.717) is 28.4 Å². The van der Waals surface area contributed by atoms with Crippen LogP contribution in [0, 0.1) is 0 Å². The standard InChI is InChI=1S/C35H36F5N5O8S/c1-31(2,3)53-30(48)44-14-17-11-18(15-44)45(17)29-42-20-5-6-22(49-4)25(26(20)54-29)28(47)41-21-13-24-23(51-35(39,40)52-24)12-19(21)27(46)43-32-7-9-33(10-8-32,50-16-32)34(36,37)38/h5-6,12-13,17-18H,7-11,14-16H2,1-4H3,(H,41,47)(H,43,46). The third kappa shape index (κ3) is 6.17. The SMILES string of the molecule is COc1ccc2nc(N3C4CC3CN(C(=O)OC(C)(C)C)C4)sc2c1C(=O)Nc1cc2c(cc1C(=O)NC13CCC(C(F)(F)F)(CC1)OC3)OC(F)(F)O2. The first-order valence-electron chi connectivity index (χ1n) is 17.3. The predicted molar refractivity (Wildman–Crippen MR) is 183 cm³/mol. The first-order valence-corrected chi connectivity index (χ1v) is 18.1. The van der Waals surface area contributed by atoms with Crippen molar-refractivity contribution in [2.45, 2.75) is 94.2 Å². The molecule has 0 spiro atoms. The van der Waals surface area contributed by atoms with Crippen LogP contribution in [-0.2, 0) is 9.47 Å². The lowest BCUT2D eigenvalue weighted by Gasteiger charge is -2.56. The Morgan fingerprint density at radius 2 is 1.65 bits per heavy atom. The van der Waals surface area contributed by atoms with E-state index >= 15 is 0 Å². The number of carbonyl (C=O) groups is 3. The van der Waals surface area contributed by atoms with Crippen LogP contribution >= 0.6 is 11.3 Å². The first kappa shape index (κ1) is 36.3. The molecule has 0 radical (unpaired) electrons. The highest BCUT2D eigenvalue weighted by atomic mass is 32.1. The number of piperazine rings is 1. The molecular formula is C35H36F5N5O8S. The molecule has 6 heterocycles. The van der Waals surface area contributed by atoms with Crippen molar-refractivity contribution in [3.63, 3.8) is 0 Å². The summed E-state index contributed by atoms with van der Waals surface area (Å²) in [6.45, 7) is 5.87. The molecule has 4 saturated heterocycles. The third-order valence-electron chi connectivity index (χ3n) is 10.6. The van der Waals surface area contributed by atoms with Crippen LogP contribution in [0.2, 0.25) is 0 Å². The Morgan fingerprint density at radius 1 is 0.981 bits per heavy atom. The zero-order valence-electron chi connectivity index (χ0n) is 29.5. The van der Waals surface area contributed by atoms with E-state index in [0.717, 1.165) is 18.6 Å². The number of methoxy groups -OCH3 is 1. The number of nitrogens with one attached hydrogen (secondary N) is 2. The number of carbonyl (C=O) groups excluding carboxylic acids is 3. The smallest absolute Gasteiger partial charge is 0.496 e. The molecule has 19 heteroatoms. The number of anilines is 2. The fourth-order valence-corrected chi connectivity index (χ4v) is 9.10. The number of ether oxygens (including phenoxy) is 5. The van der Waals surface area contributed by atoms with Crippen LogP contribution in [0.3, 0.4) is 0 Å². The predicted octanol–water partition coefficient (Wildman–Crippen LogP) is 6.45. The minimum Gasteiger partial charge on any atom is -0.496 e. The normalized spacial score (nSPS) is 26.7. The summed E-state index contributed by atoms with van der Waals surface area (Å²) >= 11 is 1.24. The van der Waals surface area contributed by atoms with Gasteiger partial charge in [-0.2, -0.15) is 13.2 Å². The second kappa shape index (κ2) is 12.2. The summed E-state index contributed by atoms with van der Waals surface area (Å²) in [7, 11) is 1.37. The van der Waals surface area contributed by atoms with Gasteiger partial charge in [0.2, 0.25) is 0 Å². The fraction of sp³-hybridized carbons (Fsp3) is 0.543. The average molecular weight is 782 g/mol. The number of aromatic nitrogens is 1. The number of halogens is 5. The molecule has 290 valence electrons. The molecule has 54 heavy (non-hydrogen) atoms. The van der Waals surface area contributed by atoms with Crippen molar-refractivity contribution in [1.29, 1.82) is 0 Å². The number of nitrogens with zero attached hydrogens (tertiary/aromatic N) is 3. The monoisotopic (exact) mass is 781 g/mol. The van der Waals surface area contributed by atoms with Gasteiger partial charge >= 0.3 is 18.6 Å². The van der Waals surface area contributed by atoms with E-state index in [-0.39, 0.29) is 66.4 Å². The Labute approximate surface area is 309 Å². The zero-order valence-corrected chi connectivity index (χ0v) is 30.3. The number of hydrogen-bond donors (Lipinski definition) is 2. The van der Waals surface area contributed by atoms with Crippen LogP contribution in [-0.4, -0.2) is 95.9 Å². The second-order valence-electron chi connectivity index (χ2n) is 15.3. The van der Waals surface area contributed by atoms with Gasteiger partial charge in [0, 0.05) is 19.2 Å². The maximum absolute atomic E-state index is 14.2. The van der Waals surface area contributed by atoms with E-state index in [2.05, 4.69) is 25.0 Å². The molecule has 2 atom stereocenters. The van der Waals surface area contributed by atoms with Crippen molar-refractivity contribution >= 4 is 50.3 Å². The molecule has 5 aliphatic heterocycles. The maximum Gasteiger partial charge on any atom is 0.586 e. The van der Waals surface area contributed by atoms with Crippen LogP contribution in [0.25, 0.3) is 10.2 Å². The highest BCUT2D eigenvalue weighted by molar-refractivity contribution is 7.22. The van der Waals surface area contributed by atoms with Crippen LogP contribution in [0.4, 0.5) is 37.6 Å². The molecule has 1 aromatic heterocycles. The van der Waals surface area contributed by atoms with E-state index in [9.17, 15) is 36.3 Å². The lowest BCUT2D eigenvalue weighted by atomic mass is 9.70. The Hall–Kier alpha value is -4.65. The highest BCUT2D eigenvalue weighted by Gasteiger charge is 2.63. The van der Waals surface area contributed by atoms with Gasteiger partial charge < -0.3 is 44.1 Å². The van der Waals surface area contributed by atoms with Crippen molar-refractivity contribution in [1.82, 2.24) is 15.2 Å². The summed E-state index contributed by atoms with van der Waals surface area (Å²) in [6.07, 6.45) is -8.98. The average Bonchev–Trinajstić information content (AvgIpc) is 3.64. The third-order valence-corrected chi connectivity index (χ3v) is 11.7. The van der Waals surface area contributed by atoms with E-state index in [1.807, 2.05) is 0 Å². The number of amides is 3. The fourth-order valence-electron chi connectivity index (χ4n) is 7.86. The van der Waals surface area contributed by atoms with Crippen LogP contribution in [0.15, 0.2) is 24.3 Å². The van der Waals surface area contributed by atoms with Crippen LogP contribution in [0.1, 0.15) is 73.6 Å². The zero-order chi connectivity index (χ0) is 38.6. The number of piperidine rings is 1. The molecule has 2 N–H and O–H groups in total. The number of rotatable bonds is 6. The summed E-state index contributed by atoms with van der Waals surface area (Å²) in [5, 5.41) is 6.02. The molecule has 2 aromatic carbocycles. The Morgan fingerprint density at radius 3 is 2.24 bits per heavy atom. The number of likely N-dealkylation sites (tertiary alicyclic amines) is 1. The number of fused-ring (bicyclic) bond motifs is 7. The van der Waals surface area contributed by atoms with Crippen molar-refractivity contribution in [2.75, 3.05) is 37.0 Å². The Kier molecular flexibility index (Phi) is 8.19. The van der Waals surface area contributed by atoms with Gasteiger partial charge in [0.05, 0.1) is 52.8 Å². The van der Waals surface area contributed by atoms with E-state index < -0.39 is 59.1 Å².